The Balaban J connectivity index is 1.67. The molecule has 0 saturated carbocycles. The van der Waals surface area contributed by atoms with Gasteiger partial charge in [0.25, 0.3) is 5.91 Å². The van der Waals surface area contributed by atoms with Crippen LogP contribution in [0.3, 0.4) is 0 Å². The summed E-state index contributed by atoms with van der Waals surface area (Å²) in [6.45, 7) is 6.20. The molecule has 148 valence electrons. The van der Waals surface area contributed by atoms with E-state index in [-0.39, 0.29) is 11.9 Å². The van der Waals surface area contributed by atoms with Gasteiger partial charge in [0.05, 0.1) is 7.11 Å². The number of carbonyl (C=O) groups excluding carboxylic acids is 1. The average Bonchev–Trinajstić information content (AvgIpc) is 2.73. The maximum Gasteiger partial charge on any atom is 0.271 e. The van der Waals surface area contributed by atoms with Crippen LogP contribution in [0.5, 0.6) is 11.5 Å². The lowest BCUT2D eigenvalue weighted by Crippen LogP contribution is -2.61. The Kier molecular flexibility index (Phi) is 5.01. The van der Waals surface area contributed by atoms with E-state index >= 15 is 0 Å². The topological polar surface area (TPSA) is 38.8 Å². The molecule has 0 bridgehead atoms. The molecule has 1 aliphatic heterocycles. The first kappa shape index (κ1) is 19.1. The lowest BCUT2D eigenvalue weighted by atomic mass is 9.89. The minimum absolute atomic E-state index is 0.0327. The highest BCUT2D eigenvalue weighted by atomic mass is 16.5. The van der Waals surface area contributed by atoms with Crippen LogP contribution in [-0.2, 0) is 4.79 Å². The van der Waals surface area contributed by atoms with Gasteiger partial charge < -0.3 is 9.47 Å². The van der Waals surface area contributed by atoms with E-state index in [0.29, 0.717) is 5.75 Å². The summed E-state index contributed by atoms with van der Waals surface area (Å²) in [4.78, 5) is 15.0. The van der Waals surface area contributed by atoms with Gasteiger partial charge in [-0.1, -0.05) is 35.9 Å². The quantitative estimate of drug-likeness (QED) is 0.568. The number of ether oxygens (including phenoxy) is 2. The van der Waals surface area contributed by atoms with E-state index in [1.165, 1.54) is 11.1 Å². The zero-order valence-corrected chi connectivity index (χ0v) is 17.2. The molecule has 2 atom stereocenters. The first-order valence-corrected chi connectivity index (χ1v) is 9.75. The third kappa shape index (κ3) is 3.58. The molecule has 0 radical (unpaired) electrons. The number of β-lactam (4-membered cyclic amide) rings is 1. The Hall–Kier alpha value is -3.27. The molecule has 29 heavy (non-hydrogen) atoms. The molecule has 0 aromatic heterocycles. The van der Waals surface area contributed by atoms with Crippen LogP contribution in [0.15, 0.2) is 66.7 Å². The Morgan fingerprint density at radius 1 is 0.793 bits per heavy atom. The van der Waals surface area contributed by atoms with Gasteiger partial charge in [0.1, 0.15) is 17.5 Å². The molecule has 0 spiro atoms. The van der Waals surface area contributed by atoms with Crippen LogP contribution in [0.1, 0.15) is 28.3 Å². The number of hydrogen-bond donors (Lipinski definition) is 0. The second kappa shape index (κ2) is 7.63. The zero-order valence-electron chi connectivity index (χ0n) is 17.2. The lowest BCUT2D eigenvalue weighted by Gasteiger charge is -2.46. The highest BCUT2D eigenvalue weighted by Gasteiger charge is 2.51. The maximum absolute atomic E-state index is 13.1. The molecule has 3 aromatic rings. The molecule has 1 aliphatic rings. The fraction of sp³-hybridized carbons (Fsp3) is 0.240. The van der Waals surface area contributed by atoms with Gasteiger partial charge in [-0.05, 0) is 73.9 Å². The molecule has 3 aromatic carbocycles. The van der Waals surface area contributed by atoms with E-state index in [9.17, 15) is 4.79 Å². The van der Waals surface area contributed by atoms with E-state index in [0.717, 1.165) is 22.6 Å². The summed E-state index contributed by atoms with van der Waals surface area (Å²) in [7, 11) is 1.63. The summed E-state index contributed by atoms with van der Waals surface area (Å²) >= 11 is 0. The standard InChI is InChI=1S/C25H25NO3/c1-16-5-8-19(9-6-16)23-24(29-22-13-11-21(28-4)12-14-22)25(27)26(23)20-10-7-17(2)18(3)15-20/h5-15,23-24H,1-4H3/t23-,24-/m1/s1. The number of methoxy groups -OCH3 is 1. The van der Waals surface area contributed by atoms with Crippen molar-refractivity contribution in [2.75, 3.05) is 12.0 Å². The minimum Gasteiger partial charge on any atom is -0.497 e. The van der Waals surface area contributed by atoms with Crippen molar-refractivity contribution >= 4 is 11.6 Å². The number of rotatable bonds is 5. The van der Waals surface area contributed by atoms with Crippen molar-refractivity contribution in [1.82, 2.24) is 0 Å². The fourth-order valence-corrected chi connectivity index (χ4v) is 3.63. The SMILES string of the molecule is COc1ccc(O[C@H]2C(=O)N(c3ccc(C)c(C)c3)[C@@H]2c2ccc(C)cc2)cc1. The van der Waals surface area contributed by atoms with Crippen molar-refractivity contribution in [3.8, 4) is 11.5 Å². The van der Waals surface area contributed by atoms with Crippen LogP contribution in [0.4, 0.5) is 5.69 Å². The number of aryl methyl sites for hydroxylation is 3. The number of benzene rings is 3. The molecule has 1 saturated heterocycles. The van der Waals surface area contributed by atoms with Crippen molar-refractivity contribution < 1.29 is 14.3 Å². The molecule has 1 amide bonds. The van der Waals surface area contributed by atoms with E-state index in [1.54, 1.807) is 7.11 Å². The van der Waals surface area contributed by atoms with Gasteiger partial charge in [-0.25, -0.2) is 0 Å². The highest BCUT2D eigenvalue weighted by molar-refractivity contribution is 6.05. The van der Waals surface area contributed by atoms with Crippen molar-refractivity contribution in [2.24, 2.45) is 0 Å². The summed E-state index contributed by atoms with van der Waals surface area (Å²) in [5, 5.41) is 0. The first-order chi connectivity index (χ1) is 14.0. The summed E-state index contributed by atoms with van der Waals surface area (Å²) in [5.74, 6) is 1.37. The van der Waals surface area contributed by atoms with Gasteiger partial charge in [-0.2, -0.15) is 0 Å². The molecule has 4 nitrogen and oxygen atoms in total. The zero-order chi connectivity index (χ0) is 20.5. The molecule has 4 heteroatoms. The van der Waals surface area contributed by atoms with Crippen LogP contribution >= 0.6 is 0 Å². The Labute approximate surface area is 171 Å². The van der Waals surface area contributed by atoms with Crippen LogP contribution in [0, 0.1) is 20.8 Å². The van der Waals surface area contributed by atoms with Crippen LogP contribution < -0.4 is 14.4 Å². The van der Waals surface area contributed by atoms with E-state index in [2.05, 4.69) is 57.2 Å². The summed E-state index contributed by atoms with van der Waals surface area (Å²) in [6, 6.07) is 21.6. The number of anilines is 1. The van der Waals surface area contributed by atoms with E-state index < -0.39 is 6.10 Å². The Bertz CT molecular complexity index is 1020. The van der Waals surface area contributed by atoms with Crippen molar-refractivity contribution in [3.63, 3.8) is 0 Å². The van der Waals surface area contributed by atoms with Gasteiger partial charge in [-0.3, -0.25) is 9.69 Å². The molecule has 0 N–H and O–H groups in total. The highest BCUT2D eigenvalue weighted by Crippen LogP contribution is 2.42. The van der Waals surface area contributed by atoms with Gasteiger partial charge in [0.2, 0.25) is 6.10 Å². The fourth-order valence-electron chi connectivity index (χ4n) is 3.63. The third-order valence-corrected chi connectivity index (χ3v) is 5.56. The largest absolute Gasteiger partial charge is 0.497 e. The predicted octanol–water partition coefficient (Wildman–Crippen LogP) is 5.16. The molecule has 1 heterocycles. The predicted molar refractivity (Wildman–Crippen MR) is 115 cm³/mol. The minimum atomic E-state index is -0.562. The number of hydrogen-bond acceptors (Lipinski definition) is 3. The third-order valence-electron chi connectivity index (χ3n) is 5.56. The van der Waals surface area contributed by atoms with Gasteiger partial charge >= 0.3 is 0 Å². The second-order valence-electron chi connectivity index (χ2n) is 7.55. The maximum atomic E-state index is 13.1. The molecular formula is C25H25NO3. The Morgan fingerprint density at radius 3 is 2.07 bits per heavy atom. The monoisotopic (exact) mass is 387 g/mol. The summed E-state index contributed by atoms with van der Waals surface area (Å²) < 4.78 is 11.3. The van der Waals surface area contributed by atoms with Gasteiger partial charge in [-0.15, -0.1) is 0 Å². The first-order valence-electron chi connectivity index (χ1n) is 9.75. The smallest absolute Gasteiger partial charge is 0.271 e. The lowest BCUT2D eigenvalue weighted by molar-refractivity contribution is -0.135. The average molecular weight is 387 g/mol. The van der Waals surface area contributed by atoms with Crippen LogP contribution in [-0.4, -0.2) is 19.1 Å². The van der Waals surface area contributed by atoms with Gasteiger partial charge in [0, 0.05) is 5.69 Å². The molecule has 0 unspecified atom stereocenters. The van der Waals surface area contributed by atoms with E-state index in [4.69, 9.17) is 9.47 Å². The van der Waals surface area contributed by atoms with E-state index in [1.807, 2.05) is 35.2 Å². The molecule has 4 rings (SSSR count). The number of amides is 1. The van der Waals surface area contributed by atoms with Crippen molar-refractivity contribution in [2.45, 2.75) is 32.9 Å². The molecule has 0 aliphatic carbocycles. The normalized spacial score (nSPS) is 18.3. The van der Waals surface area contributed by atoms with Crippen molar-refractivity contribution in [1.29, 1.82) is 0 Å². The Morgan fingerprint density at radius 2 is 1.45 bits per heavy atom. The van der Waals surface area contributed by atoms with Gasteiger partial charge in [0.15, 0.2) is 0 Å². The molecule has 1 fully saturated rings. The van der Waals surface area contributed by atoms with Crippen LogP contribution in [0.25, 0.3) is 0 Å². The van der Waals surface area contributed by atoms with Crippen LogP contribution in [0.2, 0.25) is 0 Å². The van der Waals surface area contributed by atoms with Crippen molar-refractivity contribution in [3.05, 3.63) is 89.0 Å². The summed E-state index contributed by atoms with van der Waals surface area (Å²) in [5.41, 5.74) is 5.52. The summed E-state index contributed by atoms with van der Waals surface area (Å²) in [6.07, 6.45) is -0.562. The number of carbonyl (C=O) groups is 1. The molecular weight excluding hydrogens is 362 g/mol. The second-order valence-corrected chi connectivity index (χ2v) is 7.55. The number of nitrogens with zero attached hydrogens (tertiary/aromatic N) is 1.